The number of nitrogens with zero attached hydrogens (tertiary/aromatic N) is 2. The molecule has 0 fully saturated rings. The molecule has 3 nitrogen and oxygen atoms in total. The molecule has 2 aromatic rings. The molecule has 1 aliphatic heterocycles. The van der Waals surface area contributed by atoms with Gasteiger partial charge in [-0.15, -0.1) is 11.6 Å². The molecule has 0 radical (unpaired) electrons. The number of pyridine rings is 1. The number of ether oxygens (including phenoxy) is 1. The van der Waals surface area contributed by atoms with Crippen LogP contribution in [0.3, 0.4) is 0 Å². The molecule has 4 heteroatoms. The van der Waals surface area contributed by atoms with Crippen molar-refractivity contribution in [2.45, 2.75) is 19.4 Å². The Kier molecular flexibility index (Phi) is 3.64. The molecule has 0 N–H and O–H groups in total. The lowest BCUT2D eigenvalue weighted by Crippen LogP contribution is -1.98. The smallest absolute Gasteiger partial charge is 0.131 e. The molecule has 104 valence electrons. The molecule has 0 atom stereocenters. The van der Waals surface area contributed by atoms with Crippen molar-refractivity contribution in [2.24, 2.45) is 0 Å². The average molecular weight is 297 g/mol. The first-order valence-corrected chi connectivity index (χ1v) is 7.15. The third kappa shape index (κ3) is 2.39. The summed E-state index contributed by atoms with van der Waals surface area (Å²) in [5, 5.41) is 9.34. The zero-order valence-corrected chi connectivity index (χ0v) is 12.3. The molecule has 0 spiro atoms. The summed E-state index contributed by atoms with van der Waals surface area (Å²) in [5.41, 5.74) is 5.22. The molecule has 1 aromatic heterocycles. The summed E-state index contributed by atoms with van der Waals surface area (Å²) in [5.74, 6) is 1.17. The molecule has 1 aliphatic rings. The molecule has 0 unspecified atom stereocenters. The van der Waals surface area contributed by atoms with Crippen molar-refractivity contribution in [2.75, 3.05) is 0 Å². The van der Waals surface area contributed by atoms with Crippen molar-refractivity contribution in [3.05, 3.63) is 64.5 Å². The summed E-state index contributed by atoms with van der Waals surface area (Å²) < 4.78 is 5.88. The van der Waals surface area contributed by atoms with Crippen LogP contribution in [0, 0.1) is 11.3 Å². The van der Waals surface area contributed by atoms with E-state index < -0.39 is 0 Å². The number of halogens is 1. The van der Waals surface area contributed by atoms with E-state index in [1.807, 2.05) is 37.3 Å². The number of fused-ring (bicyclic) bond motifs is 2. The number of aromatic nitrogens is 1. The summed E-state index contributed by atoms with van der Waals surface area (Å²) in [6.07, 6.45) is 1.74. The fraction of sp³-hybridized carbons (Fsp3) is 0.176. The van der Waals surface area contributed by atoms with E-state index in [2.05, 4.69) is 11.1 Å². The minimum atomic E-state index is 0.386. The summed E-state index contributed by atoms with van der Waals surface area (Å²) in [6.45, 7) is 2.20. The molecule has 0 saturated heterocycles. The standard InChI is InChI=1S/C17H13ClN2O/c1-11(9-19)17-13-3-2-6-20-15(13)10-21-16-7-12(8-18)4-5-14(16)17/h2-7H,8,10H2,1H3/b17-11+. The van der Waals surface area contributed by atoms with Gasteiger partial charge in [0.05, 0.1) is 11.8 Å². The number of benzene rings is 1. The van der Waals surface area contributed by atoms with Gasteiger partial charge in [-0.2, -0.15) is 5.26 Å². The van der Waals surface area contributed by atoms with Crippen LogP contribution in [-0.2, 0) is 12.5 Å². The van der Waals surface area contributed by atoms with Gasteiger partial charge < -0.3 is 4.74 Å². The monoisotopic (exact) mass is 296 g/mol. The highest BCUT2D eigenvalue weighted by atomic mass is 35.5. The van der Waals surface area contributed by atoms with Crippen LogP contribution in [0.2, 0.25) is 0 Å². The number of rotatable bonds is 1. The third-order valence-electron chi connectivity index (χ3n) is 3.54. The van der Waals surface area contributed by atoms with E-state index >= 15 is 0 Å². The highest BCUT2D eigenvalue weighted by molar-refractivity contribution is 6.17. The van der Waals surface area contributed by atoms with Crippen molar-refractivity contribution < 1.29 is 4.74 Å². The maximum Gasteiger partial charge on any atom is 0.131 e. The van der Waals surface area contributed by atoms with E-state index in [9.17, 15) is 5.26 Å². The summed E-state index contributed by atoms with van der Waals surface area (Å²) in [6, 6.07) is 12.0. The van der Waals surface area contributed by atoms with Gasteiger partial charge in [0.15, 0.2) is 0 Å². The van der Waals surface area contributed by atoms with E-state index in [1.54, 1.807) is 6.20 Å². The molecule has 0 bridgehead atoms. The SMILES string of the molecule is C/C(C#N)=C1\c2ccc(CCl)cc2OCc2ncccc21. The highest BCUT2D eigenvalue weighted by Gasteiger charge is 2.22. The van der Waals surface area contributed by atoms with E-state index in [4.69, 9.17) is 16.3 Å². The van der Waals surface area contributed by atoms with Crippen LogP contribution in [0.15, 0.2) is 42.1 Å². The first-order valence-electron chi connectivity index (χ1n) is 6.62. The lowest BCUT2D eigenvalue weighted by atomic mass is 9.92. The van der Waals surface area contributed by atoms with Gasteiger partial charge >= 0.3 is 0 Å². The lowest BCUT2D eigenvalue weighted by Gasteiger charge is -2.11. The van der Waals surface area contributed by atoms with E-state index in [1.165, 1.54) is 0 Å². The van der Waals surface area contributed by atoms with Crippen LogP contribution in [0.25, 0.3) is 5.57 Å². The number of nitriles is 1. The fourth-order valence-corrected chi connectivity index (χ4v) is 2.67. The number of allylic oxidation sites excluding steroid dienone is 1. The number of hydrogen-bond donors (Lipinski definition) is 0. The van der Waals surface area contributed by atoms with Crippen LogP contribution in [0.1, 0.15) is 29.3 Å². The van der Waals surface area contributed by atoms with E-state index in [0.717, 1.165) is 33.7 Å². The van der Waals surface area contributed by atoms with Gasteiger partial charge in [0.2, 0.25) is 0 Å². The Balaban J connectivity index is 2.30. The zero-order chi connectivity index (χ0) is 14.8. The van der Waals surface area contributed by atoms with Crippen LogP contribution < -0.4 is 4.74 Å². The maximum absolute atomic E-state index is 9.34. The topological polar surface area (TPSA) is 45.9 Å². The summed E-state index contributed by atoms with van der Waals surface area (Å²) >= 11 is 5.89. The lowest BCUT2D eigenvalue weighted by molar-refractivity contribution is 0.302. The zero-order valence-electron chi connectivity index (χ0n) is 11.6. The van der Waals surface area contributed by atoms with Gasteiger partial charge in [-0.3, -0.25) is 4.98 Å². The van der Waals surface area contributed by atoms with E-state index in [-0.39, 0.29) is 0 Å². The largest absolute Gasteiger partial charge is 0.487 e. The van der Waals surface area contributed by atoms with Crippen molar-refractivity contribution in [3.63, 3.8) is 0 Å². The molecule has 0 saturated carbocycles. The van der Waals surface area contributed by atoms with Crippen molar-refractivity contribution in [3.8, 4) is 11.8 Å². The molecule has 1 aromatic carbocycles. The maximum atomic E-state index is 9.34. The number of alkyl halides is 1. The normalized spacial score (nSPS) is 15.1. The molecule has 0 aliphatic carbocycles. The van der Waals surface area contributed by atoms with Gasteiger partial charge in [0.1, 0.15) is 12.4 Å². The predicted octanol–water partition coefficient (Wildman–Crippen LogP) is 4.06. The Labute approximate surface area is 128 Å². The minimum Gasteiger partial charge on any atom is -0.487 e. The Hall–Kier alpha value is -2.31. The number of hydrogen-bond acceptors (Lipinski definition) is 3. The minimum absolute atomic E-state index is 0.386. The van der Waals surface area contributed by atoms with E-state index in [0.29, 0.717) is 18.1 Å². The van der Waals surface area contributed by atoms with Crippen molar-refractivity contribution in [1.82, 2.24) is 4.98 Å². The molecule has 0 amide bonds. The van der Waals surface area contributed by atoms with Crippen molar-refractivity contribution >= 4 is 17.2 Å². The molecule has 21 heavy (non-hydrogen) atoms. The Bertz CT molecular complexity index is 775. The first kappa shape index (κ1) is 13.7. The molecule has 3 rings (SSSR count). The van der Waals surface area contributed by atoms with Gasteiger partial charge in [-0.05, 0) is 24.6 Å². The van der Waals surface area contributed by atoms with Crippen LogP contribution in [0.5, 0.6) is 5.75 Å². The Morgan fingerprint density at radius 2 is 2.24 bits per heavy atom. The van der Waals surface area contributed by atoms with Gasteiger partial charge in [0, 0.05) is 34.3 Å². The second-order valence-corrected chi connectivity index (χ2v) is 5.13. The van der Waals surface area contributed by atoms with Crippen LogP contribution in [-0.4, -0.2) is 4.98 Å². The quantitative estimate of drug-likeness (QED) is 0.589. The Morgan fingerprint density at radius 3 is 3.00 bits per heavy atom. The molecular weight excluding hydrogens is 284 g/mol. The van der Waals surface area contributed by atoms with Gasteiger partial charge in [-0.1, -0.05) is 18.2 Å². The average Bonchev–Trinajstić information content (AvgIpc) is 2.70. The highest BCUT2D eigenvalue weighted by Crippen LogP contribution is 2.38. The van der Waals surface area contributed by atoms with Crippen LogP contribution in [0.4, 0.5) is 0 Å². The predicted molar refractivity (Wildman–Crippen MR) is 81.9 cm³/mol. The van der Waals surface area contributed by atoms with Gasteiger partial charge in [-0.25, -0.2) is 0 Å². The fourth-order valence-electron chi connectivity index (χ4n) is 2.51. The van der Waals surface area contributed by atoms with Gasteiger partial charge in [0.25, 0.3) is 0 Å². The second kappa shape index (κ2) is 5.59. The molecule has 2 heterocycles. The van der Waals surface area contributed by atoms with Crippen LogP contribution >= 0.6 is 11.6 Å². The third-order valence-corrected chi connectivity index (χ3v) is 3.84. The molecular formula is C17H13ClN2O. The summed E-state index contributed by atoms with van der Waals surface area (Å²) in [7, 11) is 0. The van der Waals surface area contributed by atoms with Crippen molar-refractivity contribution in [1.29, 1.82) is 5.26 Å². The summed E-state index contributed by atoms with van der Waals surface area (Å²) in [4.78, 5) is 4.38. The second-order valence-electron chi connectivity index (χ2n) is 4.86. The Morgan fingerprint density at radius 1 is 1.38 bits per heavy atom. The first-order chi connectivity index (χ1) is 10.2.